The SMILES string of the molecule is COc1ccc(-c2nc(-c3ccc4c(c3)CN(C(CCC(=O)OC(C)(C)C)C(N)=O)C4=O)n(C)c2-c2ccccc2)cc1. The van der Waals surface area contributed by atoms with Crippen LogP contribution in [0.5, 0.6) is 5.75 Å². The van der Waals surface area contributed by atoms with Gasteiger partial charge in [0.05, 0.1) is 18.5 Å². The van der Waals surface area contributed by atoms with Crippen molar-refractivity contribution in [2.45, 2.75) is 51.8 Å². The van der Waals surface area contributed by atoms with Crippen LogP contribution in [0.4, 0.5) is 0 Å². The Kier molecular flexibility index (Phi) is 8.08. The van der Waals surface area contributed by atoms with Gasteiger partial charge in [-0.1, -0.05) is 36.4 Å². The first-order valence-electron chi connectivity index (χ1n) is 14.2. The van der Waals surface area contributed by atoms with Gasteiger partial charge in [0.2, 0.25) is 5.91 Å². The third kappa shape index (κ3) is 6.16. The van der Waals surface area contributed by atoms with E-state index in [2.05, 4.69) is 4.57 Å². The van der Waals surface area contributed by atoms with E-state index in [1.54, 1.807) is 33.9 Å². The molecule has 43 heavy (non-hydrogen) atoms. The maximum Gasteiger partial charge on any atom is 0.306 e. The van der Waals surface area contributed by atoms with Gasteiger partial charge in [-0.3, -0.25) is 14.4 Å². The van der Waals surface area contributed by atoms with Crippen molar-refractivity contribution in [2.75, 3.05) is 7.11 Å². The van der Waals surface area contributed by atoms with Crippen LogP contribution in [-0.2, 0) is 27.9 Å². The van der Waals surface area contributed by atoms with Gasteiger partial charge in [0.1, 0.15) is 23.2 Å². The van der Waals surface area contributed by atoms with Crippen LogP contribution in [0.2, 0.25) is 0 Å². The Hall–Kier alpha value is -4.92. The molecule has 1 aliphatic heterocycles. The lowest BCUT2D eigenvalue weighted by molar-refractivity contribution is -0.155. The molecule has 2 heterocycles. The number of aromatic nitrogens is 2. The van der Waals surface area contributed by atoms with Crippen molar-refractivity contribution in [1.29, 1.82) is 0 Å². The molecule has 222 valence electrons. The molecule has 4 aromatic rings. The molecule has 9 nitrogen and oxygen atoms in total. The summed E-state index contributed by atoms with van der Waals surface area (Å²) in [5.74, 6) is 0.0925. The van der Waals surface area contributed by atoms with E-state index in [0.29, 0.717) is 5.56 Å². The minimum Gasteiger partial charge on any atom is -0.497 e. The molecule has 0 fully saturated rings. The van der Waals surface area contributed by atoms with E-state index in [9.17, 15) is 14.4 Å². The Bertz CT molecular complexity index is 1670. The largest absolute Gasteiger partial charge is 0.497 e. The Morgan fingerprint density at radius 2 is 1.65 bits per heavy atom. The molecule has 0 radical (unpaired) electrons. The molecule has 0 saturated heterocycles. The fraction of sp³-hybridized carbons (Fsp3) is 0.294. The number of primary amides is 1. The number of fused-ring (bicyclic) bond motifs is 1. The fourth-order valence-corrected chi connectivity index (χ4v) is 5.47. The molecule has 2 N–H and O–H groups in total. The van der Waals surface area contributed by atoms with Crippen molar-refractivity contribution in [3.63, 3.8) is 0 Å². The van der Waals surface area contributed by atoms with Gasteiger partial charge in [-0.2, -0.15) is 0 Å². The molecule has 5 rings (SSSR count). The van der Waals surface area contributed by atoms with Crippen molar-refractivity contribution < 1.29 is 23.9 Å². The molecule has 1 atom stereocenters. The number of hydrogen-bond acceptors (Lipinski definition) is 6. The number of esters is 1. The Balaban J connectivity index is 1.47. The summed E-state index contributed by atoms with van der Waals surface area (Å²) in [6, 6.07) is 22.5. The summed E-state index contributed by atoms with van der Waals surface area (Å²) in [5.41, 5.74) is 10.9. The molecular weight excluding hydrogens is 544 g/mol. The van der Waals surface area contributed by atoms with E-state index in [0.717, 1.165) is 45.2 Å². The standard InChI is InChI=1S/C34H36N4O5/c1-34(2,3)43-28(39)18-17-27(31(35)40)38-20-24-19-23(13-16-26(24)33(38)41)32-36-29(21-11-14-25(42-5)15-12-21)30(37(32)4)22-9-7-6-8-10-22/h6-16,19,27H,17-18,20H2,1-5H3,(H2,35,40). The summed E-state index contributed by atoms with van der Waals surface area (Å²) < 4.78 is 12.8. The molecule has 0 spiro atoms. The number of ether oxygens (including phenoxy) is 2. The summed E-state index contributed by atoms with van der Waals surface area (Å²) in [5, 5.41) is 0. The summed E-state index contributed by atoms with van der Waals surface area (Å²) in [6.45, 7) is 5.53. The van der Waals surface area contributed by atoms with E-state index >= 15 is 0 Å². The van der Waals surface area contributed by atoms with Gasteiger partial charge in [0.15, 0.2) is 0 Å². The highest BCUT2D eigenvalue weighted by atomic mass is 16.6. The number of carbonyl (C=O) groups is 3. The molecule has 1 unspecified atom stereocenters. The third-order valence-corrected chi connectivity index (χ3v) is 7.45. The molecule has 2 amide bonds. The molecular formula is C34H36N4O5. The zero-order valence-corrected chi connectivity index (χ0v) is 25.1. The van der Waals surface area contributed by atoms with Crippen LogP contribution >= 0.6 is 0 Å². The third-order valence-electron chi connectivity index (χ3n) is 7.45. The van der Waals surface area contributed by atoms with Crippen molar-refractivity contribution >= 4 is 17.8 Å². The van der Waals surface area contributed by atoms with E-state index in [1.165, 1.54) is 4.90 Å². The Morgan fingerprint density at radius 3 is 2.28 bits per heavy atom. The number of benzene rings is 3. The van der Waals surface area contributed by atoms with E-state index in [1.807, 2.05) is 73.8 Å². The maximum atomic E-state index is 13.4. The number of hydrogen-bond donors (Lipinski definition) is 1. The van der Waals surface area contributed by atoms with E-state index < -0.39 is 23.5 Å². The second-order valence-corrected chi connectivity index (χ2v) is 11.6. The van der Waals surface area contributed by atoms with Crippen molar-refractivity contribution in [2.24, 2.45) is 12.8 Å². The average Bonchev–Trinajstić information content (AvgIpc) is 3.48. The molecule has 1 aromatic heterocycles. The predicted molar refractivity (Wildman–Crippen MR) is 164 cm³/mol. The number of amides is 2. The topological polar surface area (TPSA) is 117 Å². The first kappa shape index (κ1) is 29.6. The van der Waals surface area contributed by atoms with Crippen molar-refractivity contribution in [3.05, 3.63) is 83.9 Å². The molecule has 0 aliphatic carbocycles. The smallest absolute Gasteiger partial charge is 0.306 e. The van der Waals surface area contributed by atoms with Crippen LogP contribution in [0.3, 0.4) is 0 Å². The minimum absolute atomic E-state index is 0.0279. The van der Waals surface area contributed by atoms with Crippen LogP contribution in [0, 0.1) is 0 Å². The van der Waals surface area contributed by atoms with Gasteiger partial charge in [0.25, 0.3) is 5.91 Å². The van der Waals surface area contributed by atoms with Crippen molar-refractivity contribution in [3.8, 4) is 39.7 Å². The quantitative estimate of drug-likeness (QED) is 0.267. The van der Waals surface area contributed by atoms with E-state index in [4.69, 9.17) is 20.2 Å². The Labute approximate surface area is 251 Å². The summed E-state index contributed by atoms with van der Waals surface area (Å²) in [6.07, 6.45) is 0.0573. The van der Waals surface area contributed by atoms with Gasteiger partial charge in [-0.15, -0.1) is 0 Å². The van der Waals surface area contributed by atoms with Crippen LogP contribution in [0.15, 0.2) is 72.8 Å². The second-order valence-electron chi connectivity index (χ2n) is 11.6. The maximum absolute atomic E-state index is 13.4. The normalized spacial score (nSPS) is 13.5. The second kappa shape index (κ2) is 11.8. The average molecular weight is 581 g/mol. The lowest BCUT2D eigenvalue weighted by atomic mass is 10.0. The molecule has 0 bridgehead atoms. The molecule has 0 saturated carbocycles. The first-order valence-corrected chi connectivity index (χ1v) is 14.2. The summed E-state index contributed by atoms with van der Waals surface area (Å²) >= 11 is 0. The van der Waals surface area contributed by atoms with Gasteiger partial charge in [0, 0.05) is 42.3 Å². The number of rotatable bonds is 9. The molecule has 3 aromatic carbocycles. The highest BCUT2D eigenvalue weighted by molar-refractivity contribution is 6.01. The number of nitrogens with zero attached hydrogens (tertiary/aromatic N) is 3. The highest BCUT2D eigenvalue weighted by Gasteiger charge is 2.36. The zero-order chi connectivity index (χ0) is 30.9. The lowest BCUT2D eigenvalue weighted by Crippen LogP contribution is -2.45. The molecule has 1 aliphatic rings. The number of nitrogens with two attached hydrogens (primary N) is 1. The van der Waals surface area contributed by atoms with E-state index in [-0.39, 0.29) is 25.3 Å². The number of carbonyl (C=O) groups excluding carboxylic acids is 3. The van der Waals surface area contributed by atoms with Crippen LogP contribution in [0.25, 0.3) is 33.9 Å². The molecule has 9 heteroatoms. The lowest BCUT2D eigenvalue weighted by Gasteiger charge is -2.25. The van der Waals surface area contributed by atoms with Crippen molar-refractivity contribution in [1.82, 2.24) is 14.5 Å². The fourth-order valence-electron chi connectivity index (χ4n) is 5.47. The predicted octanol–water partition coefficient (Wildman–Crippen LogP) is 5.36. The van der Waals surface area contributed by atoms with Gasteiger partial charge < -0.3 is 24.7 Å². The minimum atomic E-state index is -0.935. The highest BCUT2D eigenvalue weighted by Crippen LogP contribution is 2.37. The van der Waals surface area contributed by atoms with Crippen LogP contribution in [0.1, 0.15) is 49.5 Å². The zero-order valence-electron chi connectivity index (χ0n) is 25.1. The summed E-state index contributed by atoms with van der Waals surface area (Å²) in [4.78, 5) is 44.6. The van der Waals surface area contributed by atoms with Gasteiger partial charge in [-0.05, 0) is 69.2 Å². The monoisotopic (exact) mass is 580 g/mol. The van der Waals surface area contributed by atoms with Gasteiger partial charge >= 0.3 is 5.97 Å². The Morgan fingerprint density at radius 1 is 0.977 bits per heavy atom. The first-order chi connectivity index (χ1) is 20.5. The van der Waals surface area contributed by atoms with Crippen LogP contribution < -0.4 is 10.5 Å². The number of methoxy groups -OCH3 is 1. The van der Waals surface area contributed by atoms with Gasteiger partial charge in [-0.25, -0.2) is 4.98 Å². The van der Waals surface area contributed by atoms with Crippen LogP contribution in [-0.4, -0.2) is 51.0 Å². The number of imidazole rings is 1. The summed E-state index contributed by atoms with van der Waals surface area (Å²) in [7, 11) is 3.61.